The van der Waals surface area contributed by atoms with Crippen LogP contribution in [-0.2, 0) is 0 Å². The Morgan fingerprint density at radius 2 is 1.67 bits per heavy atom. The molecule has 0 saturated carbocycles. The van der Waals surface area contributed by atoms with Crippen LogP contribution in [0.3, 0.4) is 0 Å². The Kier molecular flexibility index (Phi) is 4.18. The quantitative estimate of drug-likeness (QED) is 0.506. The summed E-state index contributed by atoms with van der Waals surface area (Å²) in [6.07, 6.45) is 0. The first kappa shape index (κ1) is 16.6. The van der Waals surface area contributed by atoms with Crippen molar-refractivity contribution in [2.75, 3.05) is 16.4 Å². The SMILES string of the molecule is Nc1nn(-c2ccc(NC(=O)Nc3cccc(F)c3)cc2)c2ccccc12. The van der Waals surface area contributed by atoms with Crippen molar-refractivity contribution in [2.24, 2.45) is 0 Å². The Balaban J connectivity index is 1.51. The molecular weight excluding hydrogens is 345 g/mol. The molecule has 0 unspecified atom stereocenters. The van der Waals surface area contributed by atoms with E-state index in [0.29, 0.717) is 17.2 Å². The van der Waals surface area contributed by atoms with Gasteiger partial charge in [-0.05, 0) is 54.6 Å². The number of carbonyl (C=O) groups excluding carboxylic acids is 1. The predicted octanol–water partition coefficient (Wildman–Crippen LogP) is 4.39. The van der Waals surface area contributed by atoms with E-state index in [4.69, 9.17) is 5.73 Å². The number of anilines is 3. The molecule has 0 aliphatic carbocycles. The number of benzene rings is 3. The van der Waals surface area contributed by atoms with Crippen LogP contribution in [0.4, 0.5) is 26.4 Å². The fraction of sp³-hybridized carbons (Fsp3) is 0. The third-order valence-electron chi connectivity index (χ3n) is 4.07. The summed E-state index contributed by atoms with van der Waals surface area (Å²) < 4.78 is 14.9. The van der Waals surface area contributed by atoms with E-state index in [0.717, 1.165) is 16.6 Å². The van der Waals surface area contributed by atoms with E-state index < -0.39 is 11.8 Å². The first-order chi connectivity index (χ1) is 13.1. The first-order valence-electron chi connectivity index (χ1n) is 8.27. The maximum absolute atomic E-state index is 13.2. The van der Waals surface area contributed by atoms with Crippen LogP contribution in [0, 0.1) is 5.82 Å². The van der Waals surface area contributed by atoms with Gasteiger partial charge in [-0.1, -0.05) is 18.2 Å². The predicted molar refractivity (Wildman–Crippen MR) is 105 cm³/mol. The molecule has 27 heavy (non-hydrogen) atoms. The average Bonchev–Trinajstić information content (AvgIpc) is 2.99. The zero-order chi connectivity index (χ0) is 18.8. The highest BCUT2D eigenvalue weighted by Gasteiger charge is 2.09. The highest BCUT2D eigenvalue weighted by Crippen LogP contribution is 2.24. The van der Waals surface area contributed by atoms with Crippen molar-refractivity contribution in [2.45, 2.75) is 0 Å². The lowest BCUT2D eigenvalue weighted by molar-refractivity contribution is 0.262. The van der Waals surface area contributed by atoms with Crippen molar-refractivity contribution in [3.8, 4) is 5.69 Å². The molecule has 2 amide bonds. The zero-order valence-electron chi connectivity index (χ0n) is 14.2. The number of nitrogens with two attached hydrogens (primary N) is 1. The lowest BCUT2D eigenvalue weighted by atomic mass is 10.2. The van der Waals surface area contributed by atoms with E-state index in [9.17, 15) is 9.18 Å². The Bertz CT molecular complexity index is 1120. The Hall–Kier alpha value is -3.87. The number of nitrogens with zero attached hydrogens (tertiary/aromatic N) is 2. The second-order valence-electron chi connectivity index (χ2n) is 5.95. The molecule has 1 aromatic heterocycles. The molecule has 0 spiro atoms. The molecule has 4 N–H and O–H groups in total. The van der Waals surface area contributed by atoms with Crippen LogP contribution in [0.1, 0.15) is 0 Å². The number of amides is 2. The fourth-order valence-electron chi connectivity index (χ4n) is 2.83. The molecule has 0 aliphatic heterocycles. The molecule has 0 atom stereocenters. The van der Waals surface area contributed by atoms with Crippen LogP contribution < -0.4 is 16.4 Å². The number of hydrogen-bond acceptors (Lipinski definition) is 3. The van der Waals surface area contributed by atoms with E-state index in [1.807, 2.05) is 36.4 Å². The van der Waals surface area contributed by atoms with E-state index in [1.54, 1.807) is 22.9 Å². The van der Waals surface area contributed by atoms with Gasteiger partial charge in [-0.25, -0.2) is 13.9 Å². The molecule has 0 fully saturated rings. The summed E-state index contributed by atoms with van der Waals surface area (Å²) in [6, 6.07) is 20.1. The highest BCUT2D eigenvalue weighted by atomic mass is 19.1. The lowest BCUT2D eigenvalue weighted by Crippen LogP contribution is -2.19. The third-order valence-corrected chi connectivity index (χ3v) is 4.07. The number of aromatic nitrogens is 2. The molecular formula is C20H16FN5O. The standard InChI is InChI=1S/C20H16FN5O/c21-13-4-3-5-15(12-13)24-20(27)23-14-8-10-16(11-9-14)26-18-7-2-1-6-17(18)19(22)25-26/h1-12H,(H2,22,25)(H2,23,24,27). The number of halogens is 1. The fourth-order valence-corrected chi connectivity index (χ4v) is 2.83. The van der Waals surface area contributed by atoms with Gasteiger partial charge in [0, 0.05) is 16.8 Å². The summed E-state index contributed by atoms with van der Waals surface area (Å²) >= 11 is 0. The van der Waals surface area contributed by atoms with Crippen LogP contribution in [0.25, 0.3) is 16.6 Å². The summed E-state index contributed by atoms with van der Waals surface area (Å²) in [5.74, 6) is 0.0464. The number of nitrogens with one attached hydrogen (secondary N) is 2. The number of rotatable bonds is 3. The van der Waals surface area contributed by atoms with Crippen LogP contribution in [-0.4, -0.2) is 15.8 Å². The Labute approximate surface area is 154 Å². The zero-order valence-corrected chi connectivity index (χ0v) is 14.2. The van der Waals surface area contributed by atoms with Gasteiger partial charge in [0.05, 0.1) is 11.2 Å². The molecule has 134 valence electrons. The highest BCUT2D eigenvalue weighted by molar-refractivity contribution is 5.99. The minimum Gasteiger partial charge on any atom is -0.382 e. The summed E-state index contributed by atoms with van der Waals surface area (Å²) in [7, 11) is 0. The molecule has 7 heteroatoms. The van der Waals surface area contributed by atoms with Crippen LogP contribution in [0.2, 0.25) is 0 Å². The first-order valence-corrected chi connectivity index (χ1v) is 8.27. The molecule has 0 aliphatic rings. The smallest absolute Gasteiger partial charge is 0.323 e. The molecule has 0 bridgehead atoms. The van der Waals surface area contributed by atoms with Gasteiger partial charge in [0.25, 0.3) is 0 Å². The summed E-state index contributed by atoms with van der Waals surface area (Å²) in [5.41, 5.74) is 8.66. The molecule has 0 saturated heterocycles. The monoisotopic (exact) mass is 361 g/mol. The van der Waals surface area contributed by atoms with Crippen molar-refractivity contribution in [1.29, 1.82) is 0 Å². The molecule has 4 rings (SSSR count). The van der Waals surface area contributed by atoms with Crippen molar-refractivity contribution < 1.29 is 9.18 Å². The van der Waals surface area contributed by atoms with E-state index >= 15 is 0 Å². The van der Waals surface area contributed by atoms with Crippen molar-refractivity contribution in [1.82, 2.24) is 9.78 Å². The minimum absolute atomic E-state index is 0.377. The summed E-state index contributed by atoms with van der Waals surface area (Å²) in [6.45, 7) is 0. The maximum Gasteiger partial charge on any atom is 0.323 e. The van der Waals surface area contributed by atoms with Gasteiger partial charge in [0.15, 0.2) is 5.82 Å². The number of urea groups is 1. The largest absolute Gasteiger partial charge is 0.382 e. The Morgan fingerprint density at radius 1 is 0.926 bits per heavy atom. The van der Waals surface area contributed by atoms with Crippen LogP contribution in [0.15, 0.2) is 72.8 Å². The summed E-state index contributed by atoms with van der Waals surface area (Å²) in [4.78, 5) is 12.0. The maximum atomic E-state index is 13.2. The molecule has 4 aromatic rings. The molecule has 6 nitrogen and oxygen atoms in total. The third kappa shape index (κ3) is 3.43. The van der Waals surface area contributed by atoms with Gasteiger partial charge in [-0.15, -0.1) is 5.10 Å². The number of nitrogen functional groups attached to an aromatic ring is 1. The normalized spacial score (nSPS) is 10.7. The topological polar surface area (TPSA) is 85.0 Å². The van der Waals surface area contributed by atoms with Gasteiger partial charge in [0.2, 0.25) is 0 Å². The lowest BCUT2D eigenvalue weighted by Gasteiger charge is -2.09. The van der Waals surface area contributed by atoms with Gasteiger partial charge in [0.1, 0.15) is 5.82 Å². The van der Waals surface area contributed by atoms with Crippen molar-refractivity contribution in [3.05, 3.63) is 78.6 Å². The second-order valence-corrected chi connectivity index (χ2v) is 5.95. The van der Waals surface area contributed by atoms with Gasteiger partial charge < -0.3 is 16.4 Å². The van der Waals surface area contributed by atoms with Crippen LogP contribution in [0.5, 0.6) is 0 Å². The summed E-state index contributed by atoms with van der Waals surface area (Å²) in [5, 5.41) is 10.5. The van der Waals surface area contributed by atoms with E-state index in [-0.39, 0.29) is 0 Å². The van der Waals surface area contributed by atoms with Gasteiger partial charge >= 0.3 is 6.03 Å². The average molecular weight is 361 g/mol. The molecule has 3 aromatic carbocycles. The van der Waals surface area contributed by atoms with Crippen molar-refractivity contribution in [3.63, 3.8) is 0 Å². The van der Waals surface area contributed by atoms with Gasteiger partial charge in [-0.2, -0.15) is 0 Å². The number of para-hydroxylation sites is 1. The molecule has 1 heterocycles. The van der Waals surface area contributed by atoms with Crippen LogP contribution >= 0.6 is 0 Å². The molecule has 0 radical (unpaired) electrons. The number of hydrogen-bond donors (Lipinski definition) is 3. The minimum atomic E-state index is -0.456. The number of carbonyl (C=O) groups is 1. The van der Waals surface area contributed by atoms with Gasteiger partial charge in [-0.3, -0.25) is 0 Å². The number of fused-ring (bicyclic) bond motifs is 1. The van der Waals surface area contributed by atoms with Crippen molar-refractivity contribution >= 4 is 34.1 Å². The second kappa shape index (κ2) is 6.80. The van der Waals surface area contributed by atoms with E-state index in [1.165, 1.54) is 18.2 Å². The Morgan fingerprint density at radius 3 is 2.44 bits per heavy atom. The van der Waals surface area contributed by atoms with E-state index in [2.05, 4.69) is 15.7 Å².